The number of aldehydes is 1. The van der Waals surface area contributed by atoms with Gasteiger partial charge in [-0.15, -0.1) is 0 Å². The number of carbonyl (C=O) groups is 2. The molecule has 0 aromatic heterocycles. The molecule has 1 rings (SSSR count). The highest BCUT2D eigenvalue weighted by molar-refractivity contribution is 8.01. The number of nitrogens with one attached hydrogen (secondary N) is 1. The molecular weight excluding hydrogens is 300 g/mol. The minimum Gasteiger partial charge on any atom is -0.481 e. The van der Waals surface area contributed by atoms with Crippen molar-refractivity contribution in [3.63, 3.8) is 0 Å². The average molecular weight is 330 g/mol. The van der Waals surface area contributed by atoms with E-state index in [1.54, 1.807) is 0 Å². The van der Waals surface area contributed by atoms with Crippen molar-refractivity contribution in [2.24, 2.45) is 17.1 Å². The molecule has 5 nitrogen and oxygen atoms in total. The maximum Gasteiger partial charge on any atom is 0.305 e. The zero-order chi connectivity index (χ0) is 17.0. The average Bonchev–Trinajstić information content (AvgIpc) is 2.30. The summed E-state index contributed by atoms with van der Waals surface area (Å²) in [7, 11) is 0. The lowest BCUT2D eigenvalue weighted by Crippen LogP contribution is -2.50. The molecule has 0 aromatic carbocycles. The van der Waals surface area contributed by atoms with Gasteiger partial charge in [-0.3, -0.25) is 4.79 Å². The number of carbonyl (C=O) groups excluding carboxylic acids is 1. The molecule has 0 bridgehead atoms. The Labute approximate surface area is 137 Å². The summed E-state index contributed by atoms with van der Waals surface area (Å²) in [6, 6.07) is -0.665. The number of aliphatic carboxylic acids is 1. The number of hydrogen-bond donors (Lipinski definition) is 3. The maximum absolute atomic E-state index is 10.9. The van der Waals surface area contributed by atoms with Crippen molar-refractivity contribution < 1.29 is 14.7 Å². The Balaban J connectivity index is 2.37. The smallest absolute Gasteiger partial charge is 0.305 e. The van der Waals surface area contributed by atoms with Gasteiger partial charge in [0.1, 0.15) is 6.29 Å². The molecule has 0 spiro atoms. The predicted octanol–water partition coefficient (Wildman–Crippen LogP) is 1.89. The van der Waals surface area contributed by atoms with Crippen molar-refractivity contribution in [1.82, 2.24) is 5.32 Å². The number of hydrogen-bond acceptors (Lipinski definition) is 5. The second kappa shape index (κ2) is 7.79. The Morgan fingerprint density at radius 1 is 1.45 bits per heavy atom. The number of rotatable bonds is 9. The number of carboxylic acids is 1. The van der Waals surface area contributed by atoms with Crippen molar-refractivity contribution in [1.29, 1.82) is 0 Å². The van der Waals surface area contributed by atoms with E-state index >= 15 is 0 Å². The highest BCUT2D eigenvalue weighted by Crippen LogP contribution is 2.47. The lowest BCUT2D eigenvalue weighted by Gasteiger charge is -2.45. The third-order valence-corrected chi connectivity index (χ3v) is 6.26. The molecule has 0 amide bonds. The second-order valence-corrected chi connectivity index (χ2v) is 8.97. The van der Waals surface area contributed by atoms with Crippen LogP contribution in [0.1, 0.15) is 47.0 Å². The minimum atomic E-state index is -0.983. The second-order valence-electron chi connectivity index (χ2n) is 7.79. The van der Waals surface area contributed by atoms with Gasteiger partial charge in [0.2, 0.25) is 0 Å². The van der Waals surface area contributed by atoms with Gasteiger partial charge >= 0.3 is 5.97 Å². The standard InChI is InChI=1S/C16H30N2O3S/c1-15(2,3)14-11(9-22-14)5-6-16(4,17)10-18-12(8-19)7-13(20)21/h8,11-12,14,18H,5-7,9-10,17H2,1-4H3,(H,20,21)/t11?,12-,14?,16?/m0/s1. The molecule has 4 N–H and O–H groups in total. The van der Waals surface area contributed by atoms with E-state index in [0.717, 1.165) is 12.8 Å². The summed E-state index contributed by atoms with van der Waals surface area (Å²) >= 11 is 2.03. The van der Waals surface area contributed by atoms with Gasteiger partial charge in [0.25, 0.3) is 0 Å². The molecule has 1 aliphatic heterocycles. The van der Waals surface area contributed by atoms with Crippen molar-refractivity contribution in [3.8, 4) is 0 Å². The quantitative estimate of drug-likeness (QED) is 0.559. The summed E-state index contributed by atoms with van der Waals surface area (Å²) < 4.78 is 0. The predicted molar refractivity (Wildman–Crippen MR) is 91.1 cm³/mol. The fourth-order valence-electron chi connectivity index (χ4n) is 2.84. The van der Waals surface area contributed by atoms with Gasteiger partial charge in [0.05, 0.1) is 12.5 Å². The molecule has 1 fully saturated rings. The molecule has 1 saturated heterocycles. The zero-order valence-electron chi connectivity index (χ0n) is 14.1. The van der Waals surface area contributed by atoms with Crippen LogP contribution in [0, 0.1) is 11.3 Å². The third kappa shape index (κ3) is 6.26. The fraction of sp³-hybridized carbons (Fsp3) is 0.875. The summed E-state index contributed by atoms with van der Waals surface area (Å²) in [5.41, 5.74) is 6.19. The molecule has 128 valence electrons. The fourth-order valence-corrected chi connectivity index (χ4v) is 4.30. The molecule has 0 saturated carbocycles. The first kappa shape index (κ1) is 19.5. The molecule has 1 aliphatic rings. The van der Waals surface area contributed by atoms with E-state index in [2.05, 4.69) is 26.1 Å². The highest BCUT2D eigenvalue weighted by atomic mass is 32.2. The molecule has 22 heavy (non-hydrogen) atoms. The van der Waals surface area contributed by atoms with E-state index < -0.39 is 17.6 Å². The first-order valence-electron chi connectivity index (χ1n) is 7.86. The van der Waals surface area contributed by atoms with Crippen molar-refractivity contribution >= 4 is 24.0 Å². The Morgan fingerprint density at radius 2 is 2.09 bits per heavy atom. The summed E-state index contributed by atoms with van der Waals surface area (Å²) in [5, 5.41) is 12.4. The van der Waals surface area contributed by atoms with E-state index in [1.807, 2.05) is 18.7 Å². The van der Waals surface area contributed by atoms with Crippen molar-refractivity contribution in [2.45, 2.75) is 63.8 Å². The Kier molecular flexibility index (Phi) is 6.89. The van der Waals surface area contributed by atoms with Gasteiger partial charge < -0.3 is 21.0 Å². The van der Waals surface area contributed by atoms with E-state index in [4.69, 9.17) is 10.8 Å². The van der Waals surface area contributed by atoms with Crippen LogP contribution >= 0.6 is 11.8 Å². The highest BCUT2D eigenvalue weighted by Gasteiger charge is 2.40. The van der Waals surface area contributed by atoms with Crippen LogP contribution in [0.5, 0.6) is 0 Å². The van der Waals surface area contributed by atoms with Crippen LogP contribution in [0.4, 0.5) is 0 Å². The lowest BCUT2D eigenvalue weighted by molar-refractivity contribution is -0.138. The molecule has 0 aromatic rings. The van der Waals surface area contributed by atoms with Crippen LogP contribution in [0.15, 0.2) is 0 Å². The monoisotopic (exact) mass is 330 g/mol. The maximum atomic E-state index is 10.9. The molecule has 3 unspecified atom stereocenters. The normalized spacial score (nSPS) is 25.9. The molecule has 1 heterocycles. The van der Waals surface area contributed by atoms with Crippen molar-refractivity contribution in [2.75, 3.05) is 12.3 Å². The first-order valence-corrected chi connectivity index (χ1v) is 8.91. The lowest BCUT2D eigenvalue weighted by atomic mass is 9.80. The van der Waals surface area contributed by atoms with Gasteiger partial charge in [-0.2, -0.15) is 11.8 Å². The molecular formula is C16H30N2O3S. The number of thioether (sulfide) groups is 1. The Bertz CT molecular complexity index is 393. The summed E-state index contributed by atoms with van der Waals surface area (Å²) in [5.74, 6) is 0.915. The van der Waals surface area contributed by atoms with Gasteiger partial charge in [-0.1, -0.05) is 20.8 Å². The van der Waals surface area contributed by atoms with Crippen LogP contribution in [-0.4, -0.2) is 46.5 Å². The molecule has 4 atom stereocenters. The summed E-state index contributed by atoms with van der Waals surface area (Å²) in [6.45, 7) is 9.24. The molecule has 0 aliphatic carbocycles. The first-order chi connectivity index (χ1) is 10.0. The largest absolute Gasteiger partial charge is 0.481 e. The van der Waals surface area contributed by atoms with Crippen LogP contribution in [0.25, 0.3) is 0 Å². The number of nitrogens with two attached hydrogens (primary N) is 1. The van der Waals surface area contributed by atoms with E-state index in [1.165, 1.54) is 5.75 Å². The van der Waals surface area contributed by atoms with Gasteiger partial charge in [0.15, 0.2) is 0 Å². The molecule has 6 heteroatoms. The Morgan fingerprint density at radius 3 is 2.50 bits per heavy atom. The van der Waals surface area contributed by atoms with Crippen molar-refractivity contribution in [3.05, 3.63) is 0 Å². The minimum absolute atomic E-state index is 0.203. The van der Waals surface area contributed by atoms with Gasteiger partial charge in [-0.25, -0.2) is 0 Å². The Hall–Kier alpha value is -0.590. The zero-order valence-corrected chi connectivity index (χ0v) is 14.9. The van der Waals surface area contributed by atoms with Gasteiger partial charge in [-0.05, 0) is 36.9 Å². The van der Waals surface area contributed by atoms with E-state index in [-0.39, 0.29) is 6.42 Å². The SMILES string of the molecule is CC(N)(CCC1CSC1C(C)(C)C)CN[C@H](C=O)CC(=O)O. The van der Waals surface area contributed by atoms with Crippen LogP contribution < -0.4 is 11.1 Å². The summed E-state index contributed by atoms with van der Waals surface area (Å²) in [4.78, 5) is 21.5. The van der Waals surface area contributed by atoms with Crippen LogP contribution in [0.3, 0.4) is 0 Å². The number of carboxylic acid groups (broad SMARTS) is 1. The third-order valence-electron chi connectivity index (χ3n) is 4.18. The summed E-state index contributed by atoms with van der Waals surface area (Å²) in [6.07, 6.45) is 2.39. The van der Waals surface area contributed by atoms with Crippen LogP contribution in [-0.2, 0) is 9.59 Å². The van der Waals surface area contributed by atoms with E-state index in [9.17, 15) is 9.59 Å². The van der Waals surface area contributed by atoms with E-state index in [0.29, 0.717) is 29.4 Å². The van der Waals surface area contributed by atoms with Crippen LogP contribution in [0.2, 0.25) is 0 Å². The topological polar surface area (TPSA) is 92.4 Å². The molecule has 0 radical (unpaired) electrons. The van der Waals surface area contributed by atoms with Gasteiger partial charge in [0, 0.05) is 17.3 Å².